The Morgan fingerprint density at radius 3 is 1.95 bits per heavy atom. The standard InChI is InChI=1S/C18H32N2/c1-13(2)11-20(12-14(3)4)18(10-19)17-8-7-15(5)9-16(17)6/h7-9,13-14,18H,10-12,19H2,1-6H3. The molecule has 1 unspecified atom stereocenters. The van der Waals surface area contributed by atoms with Crippen LogP contribution >= 0.6 is 0 Å². The Kier molecular flexibility index (Phi) is 6.70. The van der Waals surface area contributed by atoms with E-state index in [-0.39, 0.29) is 0 Å². The summed E-state index contributed by atoms with van der Waals surface area (Å²) < 4.78 is 0. The third-order valence-corrected chi connectivity index (χ3v) is 3.65. The van der Waals surface area contributed by atoms with Crippen molar-refractivity contribution in [1.29, 1.82) is 0 Å². The van der Waals surface area contributed by atoms with E-state index < -0.39 is 0 Å². The average molecular weight is 276 g/mol. The zero-order valence-electron chi connectivity index (χ0n) is 14.1. The molecule has 0 aliphatic heterocycles. The molecule has 2 nitrogen and oxygen atoms in total. The minimum absolute atomic E-state index is 0.334. The Balaban J connectivity index is 3.04. The van der Waals surface area contributed by atoms with Gasteiger partial charge in [0.05, 0.1) is 0 Å². The van der Waals surface area contributed by atoms with Crippen molar-refractivity contribution in [2.45, 2.75) is 47.6 Å². The highest BCUT2D eigenvalue weighted by atomic mass is 15.2. The van der Waals surface area contributed by atoms with E-state index in [2.05, 4.69) is 64.6 Å². The van der Waals surface area contributed by atoms with E-state index in [4.69, 9.17) is 5.73 Å². The SMILES string of the molecule is Cc1ccc(C(CN)N(CC(C)C)CC(C)C)c(C)c1. The van der Waals surface area contributed by atoms with Crippen LogP contribution in [0, 0.1) is 25.7 Å². The van der Waals surface area contributed by atoms with Gasteiger partial charge in [-0.1, -0.05) is 51.5 Å². The van der Waals surface area contributed by atoms with Crippen LogP contribution in [-0.2, 0) is 0 Å². The largest absolute Gasteiger partial charge is 0.329 e. The lowest BCUT2D eigenvalue weighted by Gasteiger charge is -2.34. The quantitative estimate of drug-likeness (QED) is 0.818. The Labute approximate surface area is 125 Å². The fourth-order valence-corrected chi connectivity index (χ4v) is 2.94. The number of nitrogens with two attached hydrogens (primary N) is 1. The van der Waals surface area contributed by atoms with Crippen molar-refractivity contribution in [2.75, 3.05) is 19.6 Å². The third kappa shape index (κ3) is 4.92. The van der Waals surface area contributed by atoms with Crippen LogP contribution in [0.2, 0.25) is 0 Å². The van der Waals surface area contributed by atoms with Crippen molar-refractivity contribution < 1.29 is 0 Å². The summed E-state index contributed by atoms with van der Waals surface area (Å²) in [6, 6.07) is 7.06. The van der Waals surface area contributed by atoms with Crippen LogP contribution in [-0.4, -0.2) is 24.5 Å². The molecule has 0 bridgehead atoms. The van der Waals surface area contributed by atoms with Gasteiger partial charge in [-0.25, -0.2) is 0 Å². The van der Waals surface area contributed by atoms with Crippen molar-refractivity contribution >= 4 is 0 Å². The maximum atomic E-state index is 6.12. The average Bonchev–Trinajstić information content (AvgIpc) is 2.31. The lowest BCUT2D eigenvalue weighted by Crippen LogP contribution is -2.39. The molecule has 2 N–H and O–H groups in total. The molecule has 0 radical (unpaired) electrons. The van der Waals surface area contributed by atoms with Crippen molar-refractivity contribution in [3.8, 4) is 0 Å². The van der Waals surface area contributed by atoms with Gasteiger partial charge in [0.1, 0.15) is 0 Å². The lowest BCUT2D eigenvalue weighted by molar-refractivity contribution is 0.159. The van der Waals surface area contributed by atoms with E-state index in [1.165, 1.54) is 16.7 Å². The van der Waals surface area contributed by atoms with Crippen molar-refractivity contribution in [3.63, 3.8) is 0 Å². The summed E-state index contributed by atoms with van der Waals surface area (Å²) in [5.41, 5.74) is 10.2. The Bertz CT molecular complexity index is 400. The van der Waals surface area contributed by atoms with Crippen LogP contribution < -0.4 is 5.73 Å². The molecule has 0 heterocycles. The number of hydrogen-bond acceptors (Lipinski definition) is 2. The van der Waals surface area contributed by atoms with Gasteiger partial charge in [0.2, 0.25) is 0 Å². The first-order chi connectivity index (χ1) is 9.35. The minimum atomic E-state index is 0.334. The van der Waals surface area contributed by atoms with Gasteiger partial charge in [-0.05, 0) is 36.8 Å². The van der Waals surface area contributed by atoms with Gasteiger partial charge in [-0.15, -0.1) is 0 Å². The van der Waals surface area contributed by atoms with Crippen LogP contribution in [0.25, 0.3) is 0 Å². The van der Waals surface area contributed by atoms with Crippen LogP contribution in [0.3, 0.4) is 0 Å². The van der Waals surface area contributed by atoms with Crippen LogP contribution in [0.1, 0.15) is 50.4 Å². The molecule has 0 spiro atoms. The number of rotatable bonds is 7. The fraction of sp³-hybridized carbons (Fsp3) is 0.667. The predicted molar refractivity (Wildman–Crippen MR) is 89.0 cm³/mol. The first kappa shape index (κ1) is 17.2. The van der Waals surface area contributed by atoms with E-state index in [1.807, 2.05) is 0 Å². The summed E-state index contributed by atoms with van der Waals surface area (Å²) in [5, 5.41) is 0. The normalized spacial score (nSPS) is 13.5. The molecular formula is C18H32N2. The molecule has 1 aromatic rings. The van der Waals surface area contributed by atoms with E-state index in [1.54, 1.807) is 0 Å². The third-order valence-electron chi connectivity index (χ3n) is 3.65. The molecule has 20 heavy (non-hydrogen) atoms. The number of aryl methyl sites for hydroxylation is 2. The highest BCUT2D eigenvalue weighted by Gasteiger charge is 2.22. The summed E-state index contributed by atoms with van der Waals surface area (Å²) in [6.45, 7) is 16.4. The molecule has 0 saturated carbocycles. The van der Waals surface area contributed by atoms with Crippen LogP contribution in [0.15, 0.2) is 18.2 Å². The summed E-state index contributed by atoms with van der Waals surface area (Å²) in [4.78, 5) is 2.56. The highest BCUT2D eigenvalue weighted by Crippen LogP contribution is 2.25. The summed E-state index contributed by atoms with van der Waals surface area (Å²) in [5.74, 6) is 1.32. The molecule has 1 atom stereocenters. The van der Waals surface area contributed by atoms with Crippen molar-refractivity contribution in [2.24, 2.45) is 17.6 Å². The second-order valence-electron chi connectivity index (χ2n) is 6.85. The molecule has 0 saturated heterocycles. The van der Waals surface area contributed by atoms with Crippen LogP contribution in [0.4, 0.5) is 0 Å². The van der Waals surface area contributed by atoms with E-state index in [9.17, 15) is 0 Å². The van der Waals surface area contributed by atoms with Gasteiger partial charge in [0.25, 0.3) is 0 Å². The number of benzene rings is 1. The number of hydrogen-bond donors (Lipinski definition) is 1. The molecule has 0 aliphatic carbocycles. The summed E-state index contributed by atoms with van der Waals surface area (Å²) in [7, 11) is 0. The fourth-order valence-electron chi connectivity index (χ4n) is 2.94. The van der Waals surface area contributed by atoms with Gasteiger partial charge in [-0.2, -0.15) is 0 Å². The molecule has 0 aromatic heterocycles. The molecule has 0 aliphatic rings. The van der Waals surface area contributed by atoms with Gasteiger partial charge in [-0.3, -0.25) is 4.90 Å². The zero-order valence-corrected chi connectivity index (χ0v) is 14.1. The molecular weight excluding hydrogens is 244 g/mol. The minimum Gasteiger partial charge on any atom is -0.329 e. The van der Waals surface area contributed by atoms with E-state index in [0.29, 0.717) is 24.4 Å². The second-order valence-corrected chi connectivity index (χ2v) is 6.85. The molecule has 0 amide bonds. The van der Waals surface area contributed by atoms with Gasteiger partial charge < -0.3 is 5.73 Å². The monoisotopic (exact) mass is 276 g/mol. The second kappa shape index (κ2) is 7.80. The Morgan fingerprint density at radius 1 is 1.00 bits per heavy atom. The Morgan fingerprint density at radius 2 is 1.55 bits per heavy atom. The van der Waals surface area contributed by atoms with Crippen LogP contribution in [0.5, 0.6) is 0 Å². The molecule has 0 fully saturated rings. The highest BCUT2D eigenvalue weighted by molar-refractivity contribution is 5.33. The van der Waals surface area contributed by atoms with E-state index >= 15 is 0 Å². The maximum absolute atomic E-state index is 6.12. The lowest BCUT2D eigenvalue weighted by atomic mass is 9.96. The first-order valence-corrected chi connectivity index (χ1v) is 7.86. The summed E-state index contributed by atoms with van der Waals surface area (Å²) in [6.07, 6.45) is 0. The van der Waals surface area contributed by atoms with Gasteiger partial charge in [0.15, 0.2) is 0 Å². The zero-order chi connectivity index (χ0) is 15.3. The Hall–Kier alpha value is -0.860. The van der Waals surface area contributed by atoms with Crippen molar-refractivity contribution in [3.05, 3.63) is 34.9 Å². The van der Waals surface area contributed by atoms with Gasteiger partial charge in [0, 0.05) is 25.7 Å². The summed E-state index contributed by atoms with van der Waals surface area (Å²) >= 11 is 0. The van der Waals surface area contributed by atoms with Crippen molar-refractivity contribution in [1.82, 2.24) is 4.90 Å². The first-order valence-electron chi connectivity index (χ1n) is 7.86. The molecule has 114 valence electrons. The topological polar surface area (TPSA) is 29.3 Å². The maximum Gasteiger partial charge on any atom is 0.0473 e. The molecule has 2 heteroatoms. The smallest absolute Gasteiger partial charge is 0.0473 e. The number of nitrogens with zero attached hydrogens (tertiary/aromatic N) is 1. The van der Waals surface area contributed by atoms with E-state index in [0.717, 1.165) is 13.1 Å². The molecule has 1 rings (SSSR count). The van der Waals surface area contributed by atoms with Gasteiger partial charge >= 0.3 is 0 Å². The predicted octanol–water partition coefficient (Wildman–Crippen LogP) is 3.92. The molecule has 1 aromatic carbocycles.